The number of nitrogens with two attached hydrogens (primary N) is 1. The van der Waals surface area contributed by atoms with Crippen molar-refractivity contribution in [3.8, 4) is 0 Å². The SMILES string of the molecule is CN1CCC(Nc2c(N)cccc2Cl)CC1. The highest BCUT2D eigenvalue weighted by atomic mass is 35.5. The van der Waals surface area contributed by atoms with Gasteiger partial charge in [-0.15, -0.1) is 0 Å². The summed E-state index contributed by atoms with van der Waals surface area (Å²) < 4.78 is 0. The van der Waals surface area contributed by atoms with Crippen molar-refractivity contribution >= 4 is 23.0 Å². The van der Waals surface area contributed by atoms with Crippen LogP contribution in [0.5, 0.6) is 0 Å². The van der Waals surface area contributed by atoms with E-state index in [4.69, 9.17) is 17.3 Å². The minimum atomic E-state index is 0.485. The number of anilines is 2. The third-order valence-electron chi connectivity index (χ3n) is 3.11. The monoisotopic (exact) mass is 239 g/mol. The molecule has 3 N–H and O–H groups in total. The standard InChI is InChI=1S/C12H18ClN3/c1-16-7-5-9(6-8-16)15-12-10(13)3-2-4-11(12)14/h2-4,9,15H,5-8,14H2,1H3. The van der Waals surface area contributed by atoms with Crippen molar-refractivity contribution in [2.45, 2.75) is 18.9 Å². The lowest BCUT2D eigenvalue weighted by Gasteiger charge is -2.30. The van der Waals surface area contributed by atoms with Gasteiger partial charge in [0.2, 0.25) is 0 Å². The van der Waals surface area contributed by atoms with Crippen molar-refractivity contribution in [2.24, 2.45) is 0 Å². The number of piperidine rings is 1. The zero-order valence-electron chi connectivity index (χ0n) is 9.54. The maximum absolute atomic E-state index is 6.12. The Kier molecular flexibility index (Phi) is 3.56. The Labute approximate surface area is 102 Å². The average Bonchev–Trinajstić information content (AvgIpc) is 2.26. The third kappa shape index (κ3) is 2.60. The fourth-order valence-corrected chi connectivity index (χ4v) is 2.29. The first-order valence-corrected chi connectivity index (χ1v) is 6.03. The summed E-state index contributed by atoms with van der Waals surface area (Å²) in [6.45, 7) is 2.25. The quantitative estimate of drug-likeness (QED) is 0.779. The molecule has 1 fully saturated rings. The van der Waals surface area contributed by atoms with Gasteiger partial charge in [-0.2, -0.15) is 0 Å². The topological polar surface area (TPSA) is 41.3 Å². The molecule has 0 unspecified atom stereocenters. The molecular weight excluding hydrogens is 222 g/mol. The van der Waals surface area contributed by atoms with Gasteiger partial charge in [-0.05, 0) is 45.1 Å². The van der Waals surface area contributed by atoms with E-state index in [1.165, 1.54) is 0 Å². The third-order valence-corrected chi connectivity index (χ3v) is 3.43. The molecule has 2 rings (SSSR count). The highest BCUT2D eigenvalue weighted by Gasteiger charge is 2.17. The molecule has 88 valence electrons. The second-order valence-corrected chi connectivity index (χ2v) is 4.83. The van der Waals surface area contributed by atoms with Gasteiger partial charge in [0.15, 0.2) is 0 Å². The van der Waals surface area contributed by atoms with Crippen molar-refractivity contribution in [1.29, 1.82) is 0 Å². The van der Waals surface area contributed by atoms with Gasteiger partial charge in [0.05, 0.1) is 16.4 Å². The molecule has 1 saturated heterocycles. The van der Waals surface area contributed by atoms with Crippen LogP contribution >= 0.6 is 11.6 Å². The van der Waals surface area contributed by atoms with Gasteiger partial charge in [-0.1, -0.05) is 17.7 Å². The summed E-state index contributed by atoms with van der Waals surface area (Å²) in [5.41, 5.74) is 7.52. The van der Waals surface area contributed by atoms with Crippen molar-refractivity contribution in [3.63, 3.8) is 0 Å². The van der Waals surface area contributed by atoms with Gasteiger partial charge in [-0.3, -0.25) is 0 Å². The number of nitrogens with zero attached hydrogens (tertiary/aromatic N) is 1. The predicted molar refractivity (Wildman–Crippen MR) is 70.0 cm³/mol. The van der Waals surface area contributed by atoms with E-state index in [1.807, 2.05) is 18.2 Å². The van der Waals surface area contributed by atoms with Gasteiger partial charge in [-0.25, -0.2) is 0 Å². The smallest absolute Gasteiger partial charge is 0.0765 e. The highest BCUT2D eigenvalue weighted by molar-refractivity contribution is 6.33. The zero-order valence-corrected chi connectivity index (χ0v) is 10.3. The van der Waals surface area contributed by atoms with Crippen molar-refractivity contribution in [3.05, 3.63) is 23.2 Å². The van der Waals surface area contributed by atoms with Crippen LogP contribution < -0.4 is 11.1 Å². The average molecular weight is 240 g/mol. The largest absolute Gasteiger partial charge is 0.397 e. The van der Waals surface area contributed by atoms with Crippen LogP contribution in [0, 0.1) is 0 Å². The lowest BCUT2D eigenvalue weighted by atomic mass is 10.1. The summed E-state index contributed by atoms with van der Waals surface area (Å²) >= 11 is 6.12. The fourth-order valence-electron chi connectivity index (χ4n) is 2.05. The predicted octanol–water partition coefficient (Wildman–Crippen LogP) is 2.43. The van der Waals surface area contributed by atoms with Gasteiger partial charge in [0.1, 0.15) is 0 Å². The van der Waals surface area contributed by atoms with E-state index in [1.54, 1.807) is 0 Å². The van der Waals surface area contributed by atoms with Crippen molar-refractivity contribution in [2.75, 3.05) is 31.2 Å². The van der Waals surface area contributed by atoms with Crippen molar-refractivity contribution < 1.29 is 0 Å². The summed E-state index contributed by atoms with van der Waals surface area (Å²) in [7, 11) is 2.15. The van der Waals surface area contributed by atoms with Crippen LogP contribution in [0.15, 0.2) is 18.2 Å². The molecule has 16 heavy (non-hydrogen) atoms. The molecular formula is C12H18ClN3. The summed E-state index contributed by atoms with van der Waals surface area (Å²) in [4.78, 5) is 2.34. The summed E-state index contributed by atoms with van der Waals surface area (Å²) in [5, 5.41) is 4.16. The second-order valence-electron chi connectivity index (χ2n) is 4.43. The molecule has 0 amide bonds. The maximum atomic E-state index is 6.12. The van der Waals surface area contributed by atoms with Crippen LogP contribution in [0.4, 0.5) is 11.4 Å². The Morgan fingerprint density at radius 2 is 2.06 bits per heavy atom. The number of benzene rings is 1. The highest BCUT2D eigenvalue weighted by Crippen LogP contribution is 2.29. The number of nitrogens with one attached hydrogen (secondary N) is 1. The molecule has 0 atom stereocenters. The molecule has 0 aromatic heterocycles. The molecule has 1 aliphatic heterocycles. The van der Waals surface area contributed by atoms with Crippen LogP contribution in [-0.4, -0.2) is 31.1 Å². The van der Waals surface area contributed by atoms with Crippen LogP contribution in [0.2, 0.25) is 5.02 Å². The molecule has 1 heterocycles. The van der Waals surface area contributed by atoms with E-state index in [2.05, 4.69) is 17.3 Å². The van der Waals surface area contributed by atoms with E-state index in [9.17, 15) is 0 Å². The van der Waals surface area contributed by atoms with Crippen LogP contribution in [0.3, 0.4) is 0 Å². The van der Waals surface area contributed by atoms with Crippen LogP contribution in [0.25, 0.3) is 0 Å². The molecule has 1 aromatic rings. The van der Waals surface area contributed by atoms with Crippen LogP contribution in [-0.2, 0) is 0 Å². The number of rotatable bonds is 2. The molecule has 0 aliphatic carbocycles. The van der Waals surface area contributed by atoms with Gasteiger partial charge >= 0.3 is 0 Å². The van der Waals surface area contributed by atoms with Crippen molar-refractivity contribution in [1.82, 2.24) is 4.90 Å². The van der Waals surface area contributed by atoms with Gasteiger partial charge < -0.3 is 16.0 Å². The van der Waals surface area contributed by atoms with Gasteiger partial charge in [0.25, 0.3) is 0 Å². The molecule has 1 aliphatic rings. The minimum Gasteiger partial charge on any atom is -0.397 e. The lowest BCUT2D eigenvalue weighted by molar-refractivity contribution is 0.264. The fraction of sp³-hybridized carbons (Fsp3) is 0.500. The molecule has 4 heteroatoms. The minimum absolute atomic E-state index is 0.485. The lowest BCUT2D eigenvalue weighted by Crippen LogP contribution is -2.36. The first-order chi connectivity index (χ1) is 7.66. The molecule has 3 nitrogen and oxygen atoms in total. The normalized spacial score (nSPS) is 18.6. The number of nitrogen functional groups attached to an aromatic ring is 1. The number of hydrogen-bond donors (Lipinski definition) is 2. The Hall–Kier alpha value is -0.930. The molecule has 0 spiro atoms. The van der Waals surface area contributed by atoms with Gasteiger partial charge in [0, 0.05) is 6.04 Å². The molecule has 0 bridgehead atoms. The summed E-state index contributed by atoms with van der Waals surface area (Å²) in [6, 6.07) is 6.11. The Morgan fingerprint density at radius 3 is 2.69 bits per heavy atom. The summed E-state index contributed by atoms with van der Waals surface area (Å²) in [6.07, 6.45) is 2.28. The number of para-hydroxylation sites is 1. The maximum Gasteiger partial charge on any atom is 0.0765 e. The first kappa shape index (κ1) is 11.6. The molecule has 0 radical (unpaired) electrons. The molecule has 0 saturated carbocycles. The van der Waals surface area contributed by atoms with E-state index in [-0.39, 0.29) is 0 Å². The van der Waals surface area contributed by atoms with E-state index in [0.717, 1.165) is 37.3 Å². The Bertz CT molecular complexity index is 339. The van der Waals surface area contributed by atoms with E-state index < -0.39 is 0 Å². The number of likely N-dealkylation sites (tertiary alicyclic amines) is 1. The van der Waals surface area contributed by atoms with E-state index in [0.29, 0.717) is 11.1 Å². The van der Waals surface area contributed by atoms with Crippen LogP contribution in [0.1, 0.15) is 12.8 Å². The molecule has 1 aromatic carbocycles. The Morgan fingerprint density at radius 1 is 1.38 bits per heavy atom. The van der Waals surface area contributed by atoms with E-state index >= 15 is 0 Å². The number of hydrogen-bond acceptors (Lipinski definition) is 3. The second kappa shape index (κ2) is 4.93. The number of halogens is 1. The first-order valence-electron chi connectivity index (χ1n) is 5.66. The Balaban J connectivity index is 2.04. The zero-order chi connectivity index (χ0) is 11.5. The summed E-state index contributed by atoms with van der Waals surface area (Å²) in [5.74, 6) is 0.